The standard InChI is InChI=1S/C18H29N3O/c1-12(2)10-17(14-8-9-19-11-14)22-16-6-7-18(20-13(16)3)21-15-4-5-15/h6-7,12,14-15,17,19H,4-5,8-11H2,1-3H3,(H,20,21)/t14-,17?/m0/s1. The van der Waals surface area contributed by atoms with Crippen molar-refractivity contribution in [2.45, 2.75) is 58.6 Å². The largest absolute Gasteiger partial charge is 0.488 e. The van der Waals surface area contributed by atoms with Gasteiger partial charge < -0.3 is 15.4 Å². The molecule has 1 aromatic rings. The van der Waals surface area contributed by atoms with Crippen LogP contribution in [0.25, 0.3) is 0 Å². The van der Waals surface area contributed by atoms with E-state index < -0.39 is 0 Å². The molecule has 0 spiro atoms. The van der Waals surface area contributed by atoms with Crippen LogP contribution in [-0.4, -0.2) is 30.2 Å². The van der Waals surface area contributed by atoms with Gasteiger partial charge in [-0.05, 0) is 57.2 Å². The molecule has 3 rings (SSSR count). The molecule has 2 fully saturated rings. The van der Waals surface area contributed by atoms with Crippen LogP contribution >= 0.6 is 0 Å². The topological polar surface area (TPSA) is 46.2 Å². The number of ether oxygens (including phenoxy) is 1. The number of anilines is 1. The third-order valence-electron chi connectivity index (χ3n) is 4.57. The van der Waals surface area contributed by atoms with Crippen molar-refractivity contribution in [2.24, 2.45) is 11.8 Å². The first-order valence-electron chi connectivity index (χ1n) is 8.73. The zero-order chi connectivity index (χ0) is 15.5. The summed E-state index contributed by atoms with van der Waals surface area (Å²) in [5, 5.41) is 6.91. The highest BCUT2D eigenvalue weighted by Crippen LogP contribution is 2.29. The average Bonchev–Trinajstić information content (AvgIpc) is 3.11. The first kappa shape index (κ1) is 15.6. The van der Waals surface area contributed by atoms with Crippen LogP contribution in [-0.2, 0) is 0 Å². The highest BCUT2D eigenvalue weighted by molar-refractivity contribution is 5.43. The number of pyridine rings is 1. The fraction of sp³-hybridized carbons (Fsp3) is 0.722. The minimum atomic E-state index is 0.290. The Kier molecular flexibility index (Phi) is 4.87. The van der Waals surface area contributed by atoms with Crippen molar-refractivity contribution in [1.82, 2.24) is 10.3 Å². The van der Waals surface area contributed by atoms with Gasteiger partial charge in [0.15, 0.2) is 0 Å². The molecule has 1 saturated carbocycles. The molecule has 0 bridgehead atoms. The maximum Gasteiger partial charge on any atom is 0.141 e. The van der Waals surface area contributed by atoms with Crippen molar-refractivity contribution < 1.29 is 4.74 Å². The van der Waals surface area contributed by atoms with E-state index in [9.17, 15) is 0 Å². The summed E-state index contributed by atoms with van der Waals surface area (Å²) in [5.74, 6) is 3.19. The van der Waals surface area contributed by atoms with Crippen LogP contribution in [0.15, 0.2) is 12.1 Å². The maximum atomic E-state index is 6.39. The van der Waals surface area contributed by atoms with E-state index in [0.717, 1.165) is 36.8 Å². The molecule has 0 radical (unpaired) electrons. The zero-order valence-corrected chi connectivity index (χ0v) is 14.1. The Hall–Kier alpha value is -1.29. The number of aryl methyl sites for hydroxylation is 1. The number of rotatable bonds is 7. The molecule has 4 heteroatoms. The van der Waals surface area contributed by atoms with Crippen LogP contribution in [0.3, 0.4) is 0 Å². The van der Waals surface area contributed by atoms with Crippen molar-refractivity contribution >= 4 is 5.82 Å². The number of hydrogen-bond acceptors (Lipinski definition) is 4. The summed E-state index contributed by atoms with van der Waals surface area (Å²) in [4.78, 5) is 4.66. The van der Waals surface area contributed by atoms with E-state index in [-0.39, 0.29) is 6.10 Å². The minimum absolute atomic E-state index is 0.290. The van der Waals surface area contributed by atoms with Crippen molar-refractivity contribution in [3.63, 3.8) is 0 Å². The molecule has 2 atom stereocenters. The van der Waals surface area contributed by atoms with Gasteiger partial charge in [-0.25, -0.2) is 4.98 Å². The van der Waals surface area contributed by atoms with E-state index >= 15 is 0 Å². The summed E-state index contributed by atoms with van der Waals surface area (Å²) in [6.45, 7) is 8.78. The Balaban J connectivity index is 1.67. The van der Waals surface area contributed by atoms with Crippen LogP contribution in [0.1, 0.15) is 45.2 Å². The van der Waals surface area contributed by atoms with Gasteiger partial charge in [0.05, 0.1) is 5.69 Å². The van der Waals surface area contributed by atoms with Crippen molar-refractivity contribution in [3.05, 3.63) is 17.8 Å². The fourth-order valence-corrected chi connectivity index (χ4v) is 3.15. The smallest absolute Gasteiger partial charge is 0.141 e. The van der Waals surface area contributed by atoms with E-state index in [1.807, 2.05) is 6.92 Å². The highest BCUT2D eigenvalue weighted by Gasteiger charge is 2.28. The molecule has 0 aromatic carbocycles. The van der Waals surface area contributed by atoms with Gasteiger partial charge in [-0.15, -0.1) is 0 Å². The lowest BCUT2D eigenvalue weighted by molar-refractivity contribution is 0.118. The Morgan fingerprint density at radius 2 is 2.14 bits per heavy atom. The molecule has 22 heavy (non-hydrogen) atoms. The number of nitrogens with zero attached hydrogens (tertiary/aromatic N) is 1. The fourth-order valence-electron chi connectivity index (χ4n) is 3.15. The quantitative estimate of drug-likeness (QED) is 0.811. The van der Waals surface area contributed by atoms with Crippen molar-refractivity contribution in [3.8, 4) is 5.75 Å². The Morgan fingerprint density at radius 3 is 2.73 bits per heavy atom. The Bertz CT molecular complexity index is 493. The molecule has 1 aliphatic heterocycles. The van der Waals surface area contributed by atoms with E-state index in [0.29, 0.717) is 17.9 Å². The highest BCUT2D eigenvalue weighted by atomic mass is 16.5. The van der Waals surface area contributed by atoms with E-state index in [1.54, 1.807) is 0 Å². The van der Waals surface area contributed by atoms with E-state index in [4.69, 9.17) is 4.74 Å². The summed E-state index contributed by atoms with van der Waals surface area (Å²) in [7, 11) is 0. The zero-order valence-electron chi connectivity index (χ0n) is 14.1. The molecule has 4 nitrogen and oxygen atoms in total. The predicted octanol–water partition coefficient (Wildman–Crippen LogP) is 3.37. The SMILES string of the molecule is Cc1nc(NC2CC2)ccc1OC(CC(C)C)[C@H]1CCNC1. The van der Waals surface area contributed by atoms with Gasteiger partial charge in [0.1, 0.15) is 17.7 Å². The van der Waals surface area contributed by atoms with E-state index in [1.165, 1.54) is 19.3 Å². The third kappa shape index (κ3) is 4.13. The lowest BCUT2D eigenvalue weighted by Crippen LogP contribution is -2.30. The Labute approximate surface area is 134 Å². The van der Waals surface area contributed by atoms with Gasteiger partial charge in [0, 0.05) is 18.5 Å². The van der Waals surface area contributed by atoms with Gasteiger partial charge >= 0.3 is 0 Å². The summed E-state index contributed by atoms with van der Waals surface area (Å²) in [6.07, 6.45) is 5.14. The van der Waals surface area contributed by atoms with Crippen molar-refractivity contribution in [2.75, 3.05) is 18.4 Å². The van der Waals surface area contributed by atoms with Gasteiger partial charge in [0.25, 0.3) is 0 Å². The van der Waals surface area contributed by atoms with Gasteiger partial charge in [-0.3, -0.25) is 0 Å². The molecule has 2 aliphatic rings. The molecular weight excluding hydrogens is 274 g/mol. The van der Waals surface area contributed by atoms with Crippen LogP contribution < -0.4 is 15.4 Å². The molecule has 2 N–H and O–H groups in total. The Morgan fingerprint density at radius 1 is 1.32 bits per heavy atom. The first-order valence-corrected chi connectivity index (χ1v) is 8.73. The second-order valence-corrected chi connectivity index (χ2v) is 7.24. The first-order chi connectivity index (χ1) is 10.6. The number of hydrogen-bond donors (Lipinski definition) is 2. The molecule has 2 heterocycles. The molecule has 0 amide bonds. The molecule has 1 aromatic heterocycles. The molecule has 1 saturated heterocycles. The molecule has 1 unspecified atom stereocenters. The molecule has 1 aliphatic carbocycles. The van der Waals surface area contributed by atoms with Crippen LogP contribution in [0, 0.1) is 18.8 Å². The molecule has 122 valence electrons. The van der Waals surface area contributed by atoms with Gasteiger partial charge in [0.2, 0.25) is 0 Å². The minimum Gasteiger partial charge on any atom is -0.488 e. The average molecular weight is 303 g/mol. The lowest BCUT2D eigenvalue weighted by Gasteiger charge is -2.26. The summed E-state index contributed by atoms with van der Waals surface area (Å²) in [6, 6.07) is 4.78. The van der Waals surface area contributed by atoms with Crippen LogP contribution in [0.2, 0.25) is 0 Å². The van der Waals surface area contributed by atoms with Crippen LogP contribution in [0.4, 0.5) is 5.82 Å². The summed E-state index contributed by atoms with van der Waals surface area (Å²) >= 11 is 0. The maximum absolute atomic E-state index is 6.39. The lowest BCUT2D eigenvalue weighted by atomic mass is 9.93. The monoisotopic (exact) mass is 303 g/mol. The predicted molar refractivity (Wildman–Crippen MR) is 90.5 cm³/mol. The summed E-state index contributed by atoms with van der Waals surface area (Å²) in [5.41, 5.74) is 0.991. The van der Waals surface area contributed by atoms with Gasteiger partial charge in [-0.2, -0.15) is 0 Å². The second-order valence-electron chi connectivity index (χ2n) is 7.24. The third-order valence-corrected chi connectivity index (χ3v) is 4.57. The van der Waals surface area contributed by atoms with Crippen LogP contribution in [0.5, 0.6) is 5.75 Å². The normalized spacial score (nSPS) is 22.8. The summed E-state index contributed by atoms with van der Waals surface area (Å²) < 4.78 is 6.39. The number of aromatic nitrogens is 1. The second kappa shape index (κ2) is 6.86. The van der Waals surface area contributed by atoms with Crippen molar-refractivity contribution in [1.29, 1.82) is 0 Å². The molecular formula is C18H29N3O. The van der Waals surface area contributed by atoms with Gasteiger partial charge in [-0.1, -0.05) is 13.8 Å². The van der Waals surface area contributed by atoms with E-state index in [2.05, 4.69) is 41.6 Å². The number of nitrogens with one attached hydrogen (secondary N) is 2.